The van der Waals surface area contributed by atoms with Gasteiger partial charge in [-0.3, -0.25) is 0 Å². The van der Waals surface area contributed by atoms with Gasteiger partial charge in [-0.25, -0.2) is 0 Å². The highest BCUT2D eigenvalue weighted by Crippen LogP contribution is 2.28. The summed E-state index contributed by atoms with van der Waals surface area (Å²) in [5, 5.41) is 4.55. The van der Waals surface area contributed by atoms with Crippen molar-refractivity contribution in [1.29, 1.82) is 0 Å². The fourth-order valence-electron chi connectivity index (χ4n) is 2.28. The fraction of sp³-hybridized carbons (Fsp3) is 0.429. The van der Waals surface area contributed by atoms with E-state index >= 15 is 0 Å². The normalized spacial score (nSPS) is 20.8. The maximum atomic E-state index is 5.91. The summed E-state index contributed by atoms with van der Waals surface area (Å²) in [7, 11) is 1.66. The molecule has 4 nitrogen and oxygen atoms in total. The van der Waals surface area contributed by atoms with Gasteiger partial charge in [-0.1, -0.05) is 0 Å². The zero-order valence-corrected chi connectivity index (χ0v) is 10.4. The number of hydrogen-bond acceptors (Lipinski definition) is 4. The van der Waals surface area contributed by atoms with Crippen LogP contribution in [0.2, 0.25) is 0 Å². The molecule has 1 unspecified atom stereocenters. The first-order valence-corrected chi connectivity index (χ1v) is 6.25. The number of furan rings is 1. The van der Waals surface area contributed by atoms with Crippen LogP contribution in [0.25, 0.3) is 11.0 Å². The SMILES string of the molecule is COc1ccc2cc(C3CCOCCN3)oc2c1. The average molecular weight is 247 g/mol. The highest BCUT2D eigenvalue weighted by Gasteiger charge is 2.18. The van der Waals surface area contributed by atoms with Crippen LogP contribution in [-0.4, -0.2) is 26.9 Å². The summed E-state index contributed by atoms with van der Waals surface area (Å²) in [5.74, 6) is 1.80. The summed E-state index contributed by atoms with van der Waals surface area (Å²) in [4.78, 5) is 0. The largest absolute Gasteiger partial charge is 0.497 e. The zero-order chi connectivity index (χ0) is 12.4. The lowest BCUT2D eigenvalue weighted by atomic mass is 10.1. The van der Waals surface area contributed by atoms with Gasteiger partial charge in [-0.05, 0) is 24.6 Å². The molecule has 1 saturated heterocycles. The van der Waals surface area contributed by atoms with Crippen LogP contribution in [0.3, 0.4) is 0 Å². The summed E-state index contributed by atoms with van der Waals surface area (Å²) in [5.41, 5.74) is 0.872. The Hall–Kier alpha value is -1.52. The van der Waals surface area contributed by atoms with E-state index in [-0.39, 0.29) is 6.04 Å². The minimum atomic E-state index is 0.242. The van der Waals surface area contributed by atoms with Gasteiger partial charge >= 0.3 is 0 Å². The van der Waals surface area contributed by atoms with Crippen molar-refractivity contribution in [2.75, 3.05) is 26.9 Å². The number of methoxy groups -OCH3 is 1. The summed E-state index contributed by atoms with van der Waals surface area (Å²) < 4.78 is 16.5. The van der Waals surface area contributed by atoms with Crippen LogP contribution in [-0.2, 0) is 4.74 Å². The molecule has 1 aromatic carbocycles. The molecule has 1 N–H and O–H groups in total. The second kappa shape index (κ2) is 5.00. The Bertz CT molecular complexity index is 527. The van der Waals surface area contributed by atoms with E-state index in [4.69, 9.17) is 13.9 Å². The van der Waals surface area contributed by atoms with E-state index in [2.05, 4.69) is 11.4 Å². The van der Waals surface area contributed by atoms with Gasteiger partial charge in [0.1, 0.15) is 17.1 Å². The highest BCUT2D eigenvalue weighted by molar-refractivity contribution is 5.79. The Morgan fingerprint density at radius 1 is 1.28 bits per heavy atom. The minimum Gasteiger partial charge on any atom is -0.497 e. The van der Waals surface area contributed by atoms with E-state index in [1.807, 2.05) is 18.2 Å². The van der Waals surface area contributed by atoms with Crippen molar-refractivity contribution < 1.29 is 13.9 Å². The Kier molecular flexibility index (Phi) is 3.21. The molecule has 0 radical (unpaired) electrons. The van der Waals surface area contributed by atoms with Gasteiger partial charge < -0.3 is 19.2 Å². The second-order valence-corrected chi connectivity index (χ2v) is 4.46. The van der Waals surface area contributed by atoms with Crippen LogP contribution < -0.4 is 10.1 Å². The monoisotopic (exact) mass is 247 g/mol. The molecule has 2 heterocycles. The number of fused-ring (bicyclic) bond motifs is 1. The van der Waals surface area contributed by atoms with Crippen molar-refractivity contribution in [3.05, 3.63) is 30.0 Å². The predicted octanol–water partition coefficient (Wildman–Crippen LogP) is 2.49. The third-order valence-electron chi connectivity index (χ3n) is 3.28. The van der Waals surface area contributed by atoms with E-state index in [1.165, 1.54) is 0 Å². The van der Waals surface area contributed by atoms with Gasteiger partial charge in [0, 0.05) is 24.6 Å². The van der Waals surface area contributed by atoms with Crippen LogP contribution in [0.15, 0.2) is 28.7 Å². The standard InChI is InChI=1S/C14H17NO3/c1-16-11-3-2-10-8-14(18-13(10)9-11)12-4-6-17-7-5-15-12/h2-3,8-9,12,15H,4-7H2,1H3. The molecule has 1 atom stereocenters. The number of benzene rings is 1. The minimum absolute atomic E-state index is 0.242. The average Bonchev–Trinajstić information content (AvgIpc) is 2.63. The predicted molar refractivity (Wildman–Crippen MR) is 68.9 cm³/mol. The highest BCUT2D eigenvalue weighted by atomic mass is 16.5. The van der Waals surface area contributed by atoms with Crippen molar-refractivity contribution in [1.82, 2.24) is 5.32 Å². The molecular formula is C14H17NO3. The van der Waals surface area contributed by atoms with Crippen molar-refractivity contribution in [2.45, 2.75) is 12.5 Å². The molecule has 1 aliphatic heterocycles. The third kappa shape index (κ3) is 2.21. The smallest absolute Gasteiger partial charge is 0.138 e. The van der Waals surface area contributed by atoms with Crippen LogP contribution in [0.1, 0.15) is 18.2 Å². The molecule has 3 rings (SSSR count). The van der Waals surface area contributed by atoms with Crippen molar-refractivity contribution in [3.8, 4) is 5.75 Å². The molecule has 2 aromatic rings. The van der Waals surface area contributed by atoms with E-state index in [9.17, 15) is 0 Å². The summed E-state index contributed by atoms with van der Waals surface area (Å²) in [6.07, 6.45) is 0.941. The number of rotatable bonds is 2. The topological polar surface area (TPSA) is 43.6 Å². The molecule has 1 fully saturated rings. The lowest BCUT2D eigenvalue weighted by Crippen LogP contribution is -2.21. The molecule has 1 aromatic heterocycles. The lowest BCUT2D eigenvalue weighted by Gasteiger charge is -2.11. The van der Waals surface area contributed by atoms with E-state index in [0.717, 1.165) is 48.7 Å². The molecule has 18 heavy (non-hydrogen) atoms. The second-order valence-electron chi connectivity index (χ2n) is 4.46. The van der Waals surface area contributed by atoms with Crippen molar-refractivity contribution >= 4 is 11.0 Å². The molecule has 1 aliphatic rings. The van der Waals surface area contributed by atoms with Crippen LogP contribution in [0, 0.1) is 0 Å². The first-order chi connectivity index (χ1) is 8.86. The van der Waals surface area contributed by atoms with Crippen LogP contribution >= 0.6 is 0 Å². The third-order valence-corrected chi connectivity index (χ3v) is 3.28. The first kappa shape index (κ1) is 11.6. The van der Waals surface area contributed by atoms with Gasteiger partial charge in [0.05, 0.1) is 19.8 Å². The van der Waals surface area contributed by atoms with Gasteiger partial charge in [-0.2, -0.15) is 0 Å². The van der Waals surface area contributed by atoms with Gasteiger partial charge in [-0.15, -0.1) is 0 Å². The van der Waals surface area contributed by atoms with E-state index in [1.54, 1.807) is 7.11 Å². The molecule has 0 saturated carbocycles. The first-order valence-electron chi connectivity index (χ1n) is 6.25. The summed E-state index contributed by atoms with van der Waals surface area (Å²) in [6, 6.07) is 8.23. The Morgan fingerprint density at radius 2 is 2.22 bits per heavy atom. The quantitative estimate of drug-likeness (QED) is 0.885. The Labute approximate surface area is 106 Å². The fourth-order valence-corrected chi connectivity index (χ4v) is 2.28. The van der Waals surface area contributed by atoms with Crippen LogP contribution in [0.4, 0.5) is 0 Å². The van der Waals surface area contributed by atoms with Gasteiger partial charge in [0.15, 0.2) is 0 Å². The lowest BCUT2D eigenvalue weighted by molar-refractivity contribution is 0.149. The van der Waals surface area contributed by atoms with E-state index < -0.39 is 0 Å². The maximum absolute atomic E-state index is 5.91. The number of hydrogen-bond donors (Lipinski definition) is 1. The number of ether oxygens (including phenoxy) is 2. The Balaban J connectivity index is 1.91. The maximum Gasteiger partial charge on any atom is 0.138 e. The molecule has 0 bridgehead atoms. The summed E-state index contributed by atoms with van der Waals surface area (Å²) >= 11 is 0. The molecule has 0 aliphatic carbocycles. The molecular weight excluding hydrogens is 230 g/mol. The molecule has 4 heteroatoms. The Morgan fingerprint density at radius 3 is 3.11 bits per heavy atom. The molecule has 0 amide bonds. The van der Waals surface area contributed by atoms with Crippen molar-refractivity contribution in [2.24, 2.45) is 0 Å². The van der Waals surface area contributed by atoms with E-state index in [0.29, 0.717) is 0 Å². The van der Waals surface area contributed by atoms with Crippen LogP contribution in [0.5, 0.6) is 5.75 Å². The summed E-state index contributed by atoms with van der Waals surface area (Å²) in [6.45, 7) is 2.41. The van der Waals surface area contributed by atoms with Gasteiger partial charge in [0.2, 0.25) is 0 Å². The zero-order valence-electron chi connectivity index (χ0n) is 10.4. The molecule has 0 spiro atoms. The molecule has 96 valence electrons. The van der Waals surface area contributed by atoms with Crippen molar-refractivity contribution in [3.63, 3.8) is 0 Å². The number of nitrogens with one attached hydrogen (secondary N) is 1. The van der Waals surface area contributed by atoms with Gasteiger partial charge in [0.25, 0.3) is 0 Å².